The zero-order valence-electron chi connectivity index (χ0n) is 12.4. The number of hydrogen-bond donors (Lipinski definition) is 3. The maximum Gasteiger partial charge on any atom is 0.238 e. The zero-order valence-corrected chi connectivity index (χ0v) is 13.2. The molecule has 0 bridgehead atoms. The fraction of sp³-hybridized carbons (Fsp3) is 0.500. The Hall–Kier alpha value is -1.60. The summed E-state index contributed by atoms with van der Waals surface area (Å²) in [6.45, 7) is 3.39. The first-order chi connectivity index (χ1) is 9.93. The minimum Gasteiger partial charge on any atom is -0.370 e. The lowest BCUT2D eigenvalue weighted by atomic mass is 10.2. The van der Waals surface area contributed by atoms with Crippen molar-refractivity contribution >= 4 is 16.0 Å². The van der Waals surface area contributed by atoms with Crippen molar-refractivity contribution in [2.24, 2.45) is 15.9 Å². The van der Waals surface area contributed by atoms with Gasteiger partial charge in [0, 0.05) is 6.54 Å². The maximum absolute atomic E-state index is 11.1. The first-order valence-corrected chi connectivity index (χ1v) is 8.63. The molecule has 1 aromatic rings. The largest absolute Gasteiger partial charge is 0.370 e. The molecule has 0 fully saturated rings. The van der Waals surface area contributed by atoms with Gasteiger partial charge in [0.05, 0.1) is 11.4 Å². The summed E-state index contributed by atoms with van der Waals surface area (Å²) >= 11 is 0. The molecule has 0 aliphatic heterocycles. The van der Waals surface area contributed by atoms with Gasteiger partial charge in [0.15, 0.2) is 5.96 Å². The first-order valence-electron chi connectivity index (χ1n) is 7.09. The lowest BCUT2D eigenvalue weighted by Gasteiger charge is -2.05. The number of nitrogens with two attached hydrogens (primary N) is 2. The fourth-order valence-electron chi connectivity index (χ4n) is 1.79. The smallest absolute Gasteiger partial charge is 0.238 e. The lowest BCUT2D eigenvalue weighted by Crippen LogP contribution is -2.32. The van der Waals surface area contributed by atoms with Crippen LogP contribution in [0, 0.1) is 0 Å². The Morgan fingerprint density at radius 2 is 1.86 bits per heavy atom. The summed E-state index contributed by atoms with van der Waals surface area (Å²) in [5, 5.41) is 8.09. The zero-order chi connectivity index (χ0) is 15.7. The van der Waals surface area contributed by atoms with Crippen LogP contribution < -0.4 is 16.2 Å². The second kappa shape index (κ2) is 8.63. The average molecular weight is 312 g/mol. The molecule has 1 aromatic carbocycles. The number of nitrogens with zero attached hydrogens (tertiary/aromatic N) is 1. The van der Waals surface area contributed by atoms with Gasteiger partial charge in [-0.05, 0) is 24.1 Å². The molecule has 0 aromatic heterocycles. The third-order valence-corrected chi connectivity index (χ3v) is 3.95. The van der Waals surface area contributed by atoms with Gasteiger partial charge in [-0.1, -0.05) is 38.3 Å². The van der Waals surface area contributed by atoms with Crippen molar-refractivity contribution in [1.82, 2.24) is 5.32 Å². The van der Waals surface area contributed by atoms with Crippen LogP contribution in [-0.4, -0.2) is 20.9 Å². The standard InChI is InChI=1S/C14H24N4O2S/c1-2-3-4-5-10-17-14(15)18-11-12-6-8-13(9-7-12)21(16,19)20/h6-9H,2-5,10-11H2,1H3,(H3,15,17,18)(H2,16,19,20). The molecule has 6 nitrogen and oxygen atoms in total. The number of sulfonamides is 1. The maximum atomic E-state index is 11.1. The van der Waals surface area contributed by atoms with Crippen LogP contribution in [0.5, 0.6) is 0 Å². The van der Waals surface area contributed by atoms with E-state index in [4.69, 9.17) is 10.9 Å². The minimum atomic E-state index is -3.64. The Kier molecular flexibility index (Phi) is 7.18. The van der Waals surface area contributed by atoms with Gasteiger partial charge in [0.1, 0.15) is 0 Å². The van der Waals surface area contributed by atoms with E-state index in [1.807, 2.05) is 0 Å². The second-order valence-electron chi connectivity index (χ2n) is 4.88. The van der Waals surface area contributed by atoms with Crippen LogP contribution >= 0.6 is 0 Å². The van der Waals surface area contributed by atoms with Crippen molar-refractivity contribution in [3.8, 4) is 0 Å². The van der Waals surface area contributed by atoms with E-state index >= 15 is 0 Å². The molecule has 0 amide bonds. The van der Waals surface area contributed by atoms with E-state index in [1.54, 1.807) is 12.1 Å². The van der Waals surface area contributed by atoms with Gasteiger partial charge in [0.2, 0.25) is 10.0 Å². The van der Waals surface area contributed by atoms with Crippen molar-refractivity contribution in [3.63, 3.8) is 0 Å². The third kappa shape index (κ3) is 7.10. The van der Waals surface area contributed by atoms with E-state index < -0.39 is 10.0 Å². The summed E-state index contributed by atoms with van der Waals surface area (Å²) in [5.41, 5.74) is 6.63. The van der Waals surface area contributed by atoms with Gasteiger partial charge >= 0.3 is 0 Å². The Morgan fingerprint density at radius 3 is 2.43 bits per heavy atom. The van der Waals surface area contributed by atoms with E-state index in [0.29, 0.717) is 12.5 Å². The molecule has 0 saturated carbocycles. The number of hydrogen-bond acceptors (Lipinski definition) is 3. The topological polar surface area (TPSA) is 111 Å². The van der Waals surface area contributed by atoms with Crippen LogP contribution in [0.15, 0.2) is 34.2 Å². The number of benzene rings is 1. The highest BCUT2D eigenvalue weighted by Gasteiger charge is 2.06. The SMILES string of the molecule is CCCCCCNC(N)=NCc1ccc(S(N)(=O)=O)cc1. The van der Waals surface area contributed by atoms with Crippen LogP contribution in [0.2, 0.25) is 0 Å². The molecule has 1 rings (SSSR count). The molecular formula is C14H24N4O2S. The number of guanidine groups is 1. The molecule has 5 N–H and O–H groups in total. The Labute approximate surface area is 126 Å². The average Bonchev–Trinajstić information content (AvgIpc) is 2.44. The molecule has 7 heteroatoms. The van der Waals surface area contributed by atoms with Crippen LogP contribution in [0.4, 0.5) is 0 Å². The van der Waals surface area contributed by atoms with Crippen LogP contribution in [0.3, 0.4) is 0 Å². The molecule has 118 valence electrons. The fourth-order valence-corrected chi connectivity index (χ4v) is 2.30. The number of nitrogens with one attached hydrogen (secondary N) is 1. The van der Waals surface area contributed by atoms with Gasteiger partial charge in [-0.2, -0.15) is 0 Å². The predicted octanol–water partition coefficient (Wildman–Crippen LogP) is 1.32. The number of aliphatic imine (C=N–C) groups is 1. The van der Waals surface area contributed by atoms with E-state index in [1.165, 1.54) is 31.4 Å². The summed E-state index contributed by atoms with van der Waals surface area (Å²) in [4.78, 5) is 4.30. The van der Waals surface area contributed by atoms with E-state index in [2.05, 4.69) is 17.2 Å². The summed E-state index contributed by atoms with van der Waals surface area (Å²) < 4.78 is 22.2. The number of unbranched alkanes of at least 4 members (excludes halogenated alkanes) is 3. The van der Waals surface area contributed by atoms with Gasteiger partial charge < -0.3 is 11.1 Å². The summed E-state index contributed by atoms with van der Waals surface area (Å²) in [6.07, 6.45) is 4.70. The third-order valence-electron chi connectivity index (χ3n) is 3.02. The van der Waals surface area contributed by atoms with Gasteiger partial charge in [-0.3, -0.25) is 0 Å². The second-order valence-corrected chi connectivity index (χ2v) is 6.44. The predicted molar refractivity (Wildman–Crippen MR) is 85.3 cm³/mol. The normalized spacial score (nSPS) is 12.4. The van der Waals surface area contributed by atoms with Crippen molar-refractivity contribution < 1.29 is 8.42 Å². The summed E-state index contributed by atoms with van der Waals surface area (Å²) in [7, 11) is -3.64. The highest BCUT2D eigenvalue weighted by Crippen LogP contribution is 2.09. The molecule has 0 aliphatic rings. The summed E-state index contributed by atoms with van der Waals surface area (Å²) in [5.74, 6) is 0.405. The van der Waals surface area contributed by atoms with Gasteiger partial charge in [-0.25, -0.2) is 18.5 Å². The highest BCUT2D eigenvalue weighted by atomic mass is 32.2. The van der Waals surface area contributed by atoms with Crippen molar-refractivity contribution in [1.29, 1.82) is 0 Å². The quantitative estimate of drug-likeness (QED) is 0.382. The first kappa shape index (κ1) is 17.5. The van der Waals surface area contributed by atoms with Gasteiger partial charge in [0.25, 0.3) is 0 Å². The molecule has 21 heavy (non-hydrogen) atoms. The molecule has 0 unspecified atom stereocenters. The van der Waals surface area contributed by atoms with Crippen LogP contribution in [0.1, 0.15) is 38.2 Å². The van der Waals surface area contributed by atoms with Crippen LogP contribution in [-0.2, 0) is 16.6 Å². The molecule has 0 atom stereocenters. The molecular weight excluding hydrogens is 288 g/mol. The van der Waals surface area contributed by atoms with E-state index in [-0.39, 0.29) is 4.90 Å². The molecule has 0 aliphatic carbocycles. The Morgan fingerprint density at radius 1 is 1.19 bits per heavy atom. The molecule has 0 radical (unpaired) electrons. The van der Waals surface area contributed by atoms with Crippen molar-refractivity contribution in [2.75, 3.05) is 6.54 Å². The molecule has 0 saturated heterocycles. The molecule has 0 heterocycles. The Balaban J connectivity index is 2.41. The number of primary sulfonamides is 1. The van der Waals surface area contributed by atoms with Crippen molar-refractivity contribution in [2.45, 2.75) is 44.0 Å². The molecule has 0 spiro atoms. The highest BCUT2D eigenvalue weighted by molar-refractivity contribution is 7.89. The Bertz CT molecular complexity index is 553. The number of rotatable bonds is 8. The van der Waals surface area contributed by atoms with E-state index in [9.17, 15) is 8.42 Å². The summed E-state index contributed by atoms with van der Waals surface area (Å²) in [6, 6.07) is 6.29. The van der Waals surface area contributed by atoms with Crippen molar-refractivity contribution in [3.05, 3.63) is 29.8 Å². The monoisotopic (exact) mass is 312 g/mol. The van der Waals surface area contributed by atoms with E-state index in [0.717, 1.165) is 18.5 Å². The minimum absolute atomic E-state index is 0.0947. The lowest BCUT2D eigenvalue weighted by molar-refractivity contribution is 0.598. The van der Waals surface area contributed by atoms with Gasteiger partial charge in [-0.15, -0.1) is 0 Å². The van der Waals surface area contributed by atoms with Crippen LogP contribution in [0.25, 0.3) is 0 Å².